The van der Waals surface area contributed by atoms with Crippen LogP contribution in [0.15, 0.2) is 36.4 Å². The number of phenolic OH excluding ortho intramolecular Hbond substituents is 3. The highest BCUT2D eigenvalue weighted by atomic mass is 16.7. The highest BCUT2D eigenvalue weighted by Gasteiger charge is 2.44. The Morgan fingerprint density at radius 2 is 1.49 bits per heavy atom. The van der Waals surface area contributed by atoms with E-state index in [1.54, 1.807) is 18.2 Å². The second kappa shape index (κ2) is 13.2. The van der Waals surface area contributed by atoms with Crippen molar-refractivity contribution in [3.05, 3.63) is 47.5 Å². The Bertz CT molecular complexity index is 998. The van der Waals surface area contributed by atoms with Crippen molar-refractivity contribution in [2.75, 3.05) is 13.7 Å². The first kappa shape index (κ1) is 28.9. The molecule has 37 heavy (non-hydrogen) atoms. The predicted molar refractivity (Wildman–Crippen MR) is 130 cm³/mol. The van der Waals surface area contributed by atoms with E-state index in [1.807, 2.05) is 0 Å². The van der Waals surface area contributed by atoms with E-state index in [0.29, 0.717) is 31.4 Å². The number of aliphatic hydroxyl groups is 5. The van der Waals surface area contributed by atoms with Crippen LogP contribution in [0, 0.1) is 0 Å². The van der Waals surface area contributed by atoms with Crippen LogP contribution in [-0.2, 0) is 22.3 Å². The number of aliphatic hydroxyl groups excluding tert-OH is 5. The Kier molecular flexibility index (Phi) is 10.4. The molecule has 1 fully saturated rings. The molecule has 1 heterocycles. The molecular formula is C26H36O11. The molecular weight excluding hydrogens is 488 g/mol. The van der Waals surface area contributed by atoms with Crippen LogP contribution in [0.25, 0.3) is 0 Å². The first-order valence-electron chi connectivity index (χ1n) is 12.1. The zero-order valence-electron chi connectivity index (χ0n) is 20.6. The number of aryl methyl sites for hydroxylation is 2. The fraction of sp³-hybridized carbons (Fsp3) is 0.538. The van der Waals surface area contributed by atoms with Crippen LogP contribution >= 0.6 is 0 Å². The van der Waals surface area contributed by atoms with Crippen molar-refractivity contribution in [3.63, 3.8) is 0 Å². The van der Waals surface area contributed by atoms with Crippen molar-refractivity contribution in [2.24, 2.45) is 0 Å². The molecule has 0 aromatic heterocycles. The predicted octanol–water partition coefficient (Wildman–Crippen LogP) is 0.313. The molecule has 2 aromatic carbocycles. The molecule has 0 unspecified atom stereocenters. The summed E-state index contributed by atoms with van der Waals surface area (Å²) in [5, 5.41) is 79.7. The summed E-state index contributed by atoms with van der Waals surface area (Å²) in [4.78, 5) is 0. The molecule has 0 aliphatic carbocycles. The van der Waals surface area contributed by atoms with Gasteiger partial charge in [-0.15, -0.1) is 0 Å². The van der Waals surface area contributed by atoms with Crippen LogP contribution in [0.5, 0.6) is 23.0 Å². The van der Waals surface area contributed by atoms with E-state index < -0.39 is 49.5 Å². The number of benzene rings is 2. The van der Waals surface area contributed by atoms with Gasteiger partial charge in [0.25, 0.3) is 0 Å². The molecule has 3 rings (SSSR count). The Morgan fingerprint density at radius 3 is 2.14 bits per heavy atom. The number of methoxy groups -OCH3 is 1. The maximum absolute atomic E-state index is 10.7. The Morgan fingerprint density at radius 1 is 0.838 bits per heavy atom. The lowest BCUT2D eigenvalue weighted by molar-refractivity contribution is -0.313. The van der Waals surface area contributed by atoms with Gasteiger partial charge in [0.2, 0.25) is 0 Å². The third kappa shape index (κ3) is 7.68. The number of rotatable bonds is 12. The molecule has 1 aliphatic rings. The lowest BCUT2D eigenvalue weighted by Crippen LogP contribution is -2.59. The largest absolute Gasteiger partial charge is 0.504 e. The Hall–Kier alpha value is -2.64. The summed E-state index contributed by atoms with van der Waals surface area (Å²) in [6, 6.07) is 9.33. The van der Waals surface area contributed by atoms with Gasteiger partial charge in [-0.2, -0.15) is 0 Å². The smallest absolute Gasteiger partial charge is 0.186 e. The molecule has 0 radical (unpaired) electrons. The third-order valence-corrected chi connectivity index (χ3v) is 6.52. The molecule has 0 bridgehead atoms. The van der Waals surface area contributed by atoms with Crippen LogP contribution < -0.4 is 4.74 Å². The van der Waals surface area contributed by atoms with Crippen molar-refractivity contribution in [2.45, 2.75) is 75.0 Å². The molecule has 1 aliphatic heterocycles. The van der Waals surface area contributed by atoms with E-state index >= 15 is 0 Å². The van der Waals surface area contributed by atoms with Crippen molar-refractivity contribution in [1.82, 2.24) is 0 Å². The second-order valence-electron chi connectivity index (χ2n) is 9.25. The van der Waals surface area contributed by atoms with Gasteiger partial charge >= 0.3 is 0 Å². The molecule has 11 nitrogen and oxygen atoms in total. The van der Waals surface area contributed by atoms with Gasteiger partial charge in [-0.3, -0.25) is 0 Å². The van der Waals surface area contributed by atoms with Crippen molar-refractivity contribution < 1.29 is 55.1 Å². The quantitative estimate of drug-likeness (QED) is 0.178. The molecule has 1 saturated heterocycles. The second-order valence-corrected chi connectivity index (χ2v) is 9.25. The number of phenols is 3. The summed E-state index contributed by atoms with van der Waals surface area (Å²) in [6.45, 7) is -0.592. The minimum atomic E-state index is -1.59. The highest BCUT2D eigenvalue weighted by Crippen LogP contribution is 2.30. The van der Waals surface area contributed by atoms with Gasteiger partial charge in [0.05, 0.1) is 25.9 Å². The average Bonchev–Trinajstić information content (AvgIpc) is 2.88. The third-order valence-electron chi connectivity index (χ3n) is 6.52. The van der Waals surface area contributed by atoms with Gasteiger partial charge in [0.1, 0.15) is 24.4 Å². The maximum Gasteiger partial charge on any atom is 0.186 e. The average molecular weight is 525 g/mol. The minimum absolute atomic E-state index is 0.00365. The van der Waals surface area contributed by atoms with E-state index in [1.165, 1.54) is 25.3 Å². The lowest BCUT2D eigenvalue weighted by Gasteiger charge is -2.41. The van der Waals surface area contributed by atoms with E-state index in [0.717, 1.165) is 11.1 Å². The van der Waals surface area contributed by atoms with Crippen LogP contribution in [0.1, 0.15) is 30.4 Å². The van der Waals surface area contributed by atoms with Gasteiger partial charge in [-0.25, -0.2) is 0 Å². The van der Waals surface area contributed by atoms with Gasteiger partial charge < -0.3 is 55.1 Å². The van der Waals surface area contributed by atoms with E-state index in [4.69, 9.17) is 14.2 Å². The fourth-order valence-corrected chi connectivity index (χ4v) is 4.30. The van der Waals surface area contributed by atoms with Gasteiger partial charge in [0.15, 0.2) is 29.3 Å². The summed E-state index contributed by atoms with van der Waals surface area (Å²) in [6.07, 6.45) is -7.00. The van der Waals surface area contributed by atoms with Crippen molar-refractivity contribution in [1.29, 1.82) is 0 Å². The molecule has 11 heteroatoms. The Balaban J connectivity index is 1.68. The lowest BCUT2D eigenvalue weighted by atomic mass is 9.97. The zero-order chi connectivity index (χ0) is 27.1. The number of aromatic hydroxyl groups is 3. The van der Waals surface area contributed by atoms with Crippen molar-refractivity contribution >= 4 is 0 Å². The van der Waals surface area contributed by atoms with Gasteiger partial charge in [0, 0.05) is 0 Å². The number of ether oxygens (including phenoxy) is 3. The molecule has 206 valence electrons. The summed E-state index contributed by atoms with van der Waals surface area (Å²) < 4.78 is 16.6. The molecule has 8 N–H and O–H groups in total. The summed E-state index contributed by atoms with van der Waals surface area (Å²) in [5.41, 5.74) is 1.54. The highest BCUT2D eigenvalue weighted by molar-refractivity contribution is 5.42. The normalized spacial score (nSPS) is 25.5. The van der Waals surface area contributed by atoms with E-state index in [2.05, 4.69) is 0 Å². The molecule has 0 spiro atoms. The topological polar surface area (TPSA) is 190 Å². The van der Waals surface area contributed by atoms with E-state index in [9.17, 15) is 40.9 Å². The number of hydrogen-bond acceptors (Lipinski definition) is 11. The van der Waals surface area contributed by atoms with E-state index in [-0.39, 0.29) is 23.7 Å². The van der Waals surface area contributed by atoms with Gasteiger partial charge in [-0.05, 0) is 67.5 Å². The van der Waals surface area contributed by atoms with Crippen LogP contribution in [0.3, 0.4) is 0 Å². The molecule has 2 aromatic rings. The summed E-state index contributed by atoms with van der Waals surface area (Å²) in [7, 11) is 1.44. The summed E-state index contributed by atoms with van der Waals surface area (Å²) in [5.74, 6) is -0.180. The number of hydrogen-bond donors (Lipinski definition) is 8. The van der Waals surface area contributed by atoms with Crippen LogP contribution in [0.2, 0.25) is 0 Å². The molecule has 0 saturated carbocycles. The minimum Gasteiger partial charge on any atom is -0.504 e. The molecule has 7 atom stereocenters. The zero-order valence-corrected chi connectivity index (χ0v) is 20.6. The fourth-order valence-electron chi connectivity index (χ4n) is 4.30. The van der Waals surface area contributed by atoms with Crippen LogP contribution in [-0.4, -0.2) is 97.5 Å². The Labute approximate surface area is 214 Å². The first-order chi connectivity index (χ1) is 17.6. The maximum atomic E-state index is 10.7. The first-order valence-corrected chi connectivity index (χ1v) is 12.1. The standard InChI is InChI=1S/C26H36O11/c1-35-21-11-15(5-9-19(21)30)3-7-17(36-26-25(34)24(33)23(32)22(13-27)37-26)12-16(28)6-2-14-4-8-18(29)20(31)10-14/h4-5,8-11,16-17,22-34H,2-3,6-7,12-13H2,1H3/t16-,17-,22-,23-,24+,25-,26-/m1/s1. The van der Waals surface area contributed by atoms with Crippen molar-refractivity contribution in [3.8, 4) is 23.0 Å². The monoisotopic (exact) mass is 524 g/mol. The van der Waals surface area contributed by atoms with Gasteiger partial charge in [-0.1, -0.05) is 12.1 Å². The SMILES string of the molecule is COc1cc(CC[C@H](C[C@H](O)CCc2ccc(O)c(O)c2)O[C@@H]2O[C@H](CO)[C@@H](O)[C@H](O)[C@H]2O)ccc1O. The molecule has 0 amide bonds. The summed E-state index contributed by atoms with van der Waals surface area (Å²) >= 11 is 0. The van der Waals surface area contributed by atoms with Crippen LogP contribution in [0.4, 0.5) is 0 Å².